The number of furan rings is 2. The molecule has 8 aromatic heterocycles. The molecule has 0 unspecified atom stereocenters. The van der Waals surface area contributed by atoms with Crippen LogP contribution in [0.25, 0.3) is 105 Å². The maximum absolute atomic E-state index is 5.92. The first kappa shape index (κ1) is 90.6. The van der Waals surface area contributed by atoms with E-state index in [1.54, 1.807) is 53.2 Å². The molecule has 0 atom stereocenters. The summed E-state index contributed by atoms with van der Waals surface area (Å²) >= 11 is 145. The van der Waals surface area contributed by atoms with Crippen LogP contribution in [0.1, 0.15) is 90.8 Å². The van der Waals surface area contributed by atoms with Crippen LogP contribution in [0.15, 0.2) is 189 Å². The summed E-state index contributed by atoms with van der Waals surface area (Å²) in [5.74, 6) is 1.35. The van der Waals surface area contributed by atoms with Crippen molar-refractivity contribution < 1.29 is 8.83 Å². The van der Waals surface area contributed by atoms with Gasteiger partial charge in [0.25, 0.3) is 0 Å². The summed E-state index contributed by atoms with van der Waals surface area (Å²) in [4.78, 5) is 50.5. The molecule has 578 valence electrons. The van der Waals surface area contributed by atoms with Crippen LogP contribution in [-0.2, 0) is 30.3 Å². The maximum Gasteiger partial charge on any atom is 0.250 e. The van der Waals surface area contributed by atoms with E-state index in [-0.39, 0.29) is 69.9 Å². The second-order valence-corrected chi connectivity index (χ2v) is 42.3. The van der Waals surface area contributed by atoms with Crippen molar-refractivity contribution in [2.24, 2.45) is 0 Å². The number of aromatic nitrogens is 12. The summed E-state index contributed by atoms with van der Waals surface area (Å²) in [6.07, 6.45) is 17.2. The third-order valence-corrected chi connectivity index (χ3v) is 19.7. The van der Waals surface area contributed by atoms with E-state index in [0.29, 0.717) is 22.3 Å². The van der Waals surface area contributed by atoms with Crippen LogP contribution in [0, 0.1) is 0 Å². The number of nitrogens with zero attached hydrogens (tertiary/aromatic N) is 12. The van der Waals surface area contributed by atoms with E-state index in [0.717, 1.165) is 55.2 Å². The van der Waals surface area contributed by atoms with Crippen molar-refractivity contribution in [2.75, 3.05) is 0 Å². The lowest BCUT2D eigenvalue weighted by Gasteiger charge is -2.15. The number of hydrogen-bond donors (Lipinski definition) is 0. The standard InChI is InChI=1S/C21H11Cl6N3O.C17H9Cl6N3O.2C17H9Cl6N3S/c22-20(23,24)18-28-17(29-19(30-18)21(25,26)27)13-8-5-12(6-9-13)7-10-15-11-14-3-1-2-4-16(14)31-15;2*18-16(19,20)14-24-13(25-15(26-14)17(21,22)23)11-6-3-10(4-7-11)5-8-12-2-1-9-27-12;18-16(19,20)14-24-13(25-15(26-14)17(21,22)23)12-5-3-10(4-6-12)1-2-11-7-8-27-9-11/h1-11H;3*1-9H. The predicted molar refractivity (Wildman–Crippen MR) is 474 cm³/mol. The third kappa shape index (κ3) is 27.2. The highest BCUT2D eigenvalue weighted by molar-refractivity contribution is 7.11. The van der Waals surface area contributed by atoms with Gasteiger partial charge in [-0.05, 0) is 98.6 Å². The van der Waals surface area contributed by atoms with E-state index in [9.17, 15) is 0 Å². The molecular formula is C72H38Cl24N12O2S2. The smallest absolute Gasteiger partial charge is 0.250 e. The molecule has 0 fully saturated rings. The zero-order valence-corrected chi connectivity index (χ0v) is 74.8. The van der Waals surface area contributed by atoms with Crippen LogP contribution in [0.3, 0.4) is 0 Å². The molecule has 0 aliphatic heterocycles. The summed E-state index contributed by atoms with van der Waals surface area (Å²) in [7, 11) is 0. The van der Waals surface area contributed by atoms with E-state index in [1.165, 1.54) is 0 Å². The van der Waals surface area contributed by atoms with Crippen molar-refractivity contribution in [2.45, 2.75) is 30.3 Å². The highest BCUT2D eigenvalue weighted by Gasteiger charge is 2.38. The van der Waals surface area contributed by atoms with E-state index >= 15 is 0 Å². The molecule has 14 nitrogen and oxygen atoms in total. The summed E-state index contributed by atoms with van der Waals surface area (Å²) < 4.78 is -4.10. The van der Waals surface area contributed by atoms with Crippen LogP contribution >= 0.6 is 301 Å². The molecule has 0 N–H and O–H groups in total. The van der Waals surface area contributed by atoms with Gasteiger partial charge >= 0.3 is 0 Å². The van der Waals surface area contributed by atoms with Crippen molar-refractivity contribution >= 4 is 361 Å². The SMILES string of the molecule is ClC(Cl)(Cl)c1nc(-c2ccc(C=Cc3cc4ccccc4o3)cc2)nc(C(Cl)(Cl)Cl)n1.ClC(Cl)(Cl)c1nc(-c2ccc(C=Cc3ccco3)cc2)nc(C(Cl)(Cl)Cl)n1.ClC(Cl)(Cl)c1nc(-c2ccc(C=Cc3cccs3)cc2)nc(C(Cl)(Cl)Cl)n1.ClC(Cl)(Cl)c1nc(-c2ccc(C=Cc3ccsc3)cc2)nc(C(Cl)(Cl)Cl)n1. The number of benzene rings is 5. The Morgan fingerprint density at radius 3 is 0.866 bits per heavy atom. The van der Waals surface area contributed by atoms with Gasteiger partial charge in [-0.25, -0.2) is 59.8 Å². The van der Waals surface area contributed by atoms with Crippen molar-refractivity contribution in [3.8, 4) is 45.6 Å². The lowest BCUT2D eigenvalue weighted by atomic mass is 10.1. The van der Waals surface area contributed by atoms with Crippen molar-refractivity contribution in [1.29, 1.82) is 0 Å². The molecule has 112 heavy (non-hydrogen) atoms. The van der Waals surface area contributed by atoms with E-state index in [4.69, 9.17) is 287 Å². The lowest BCUT2D eigenvalue weighted by Crippen LogP contribution is -2.16. The second kappa shape index (κ2) is 39.0. The van der Waals surface area contributed by atoms with Crippen molar-refractivity contribution in [1.82, 2.24) is 59.8 Å². The van der Waals surface area contributed by atoms with Gasteiger partial charge in [-0.3, -0.25) is 0 Å². The number of alkyl halides is 24. The zero-order valence-electron chi connectivity index (χ0n) is 55.0. The van der Waals surface area contributed by atoms with Crippen molar-refractivity contribution in [3.63, 3.8) is 0 Å². The molecule has 0 bridgehead atoms. The van der Waals surface area contributed by atoms with E-state index in [2.05, 4.69) is 65.2 Å². The zero-order chi connectivity index (χ0) is 81.2. The van der Waals surface area contributed by atoms with E-state index in [1.807, 2.05) is 193 Å². The van der Waals surface area contributed by atoms with Crippen LogP contribution in [0.5, 0.6) is 0 Å². The Balaban J connectivity index is 0.000000159. The summed E-state index contributed by atoms with van der Waals surface area (Å²) in [5, 5.41) is 7.15. The highest BCUT2D eigenvalue weighted by atomic mass is 35.6. The minimum Gasteiger partial charge on any atom is -0.465 e. The number of rotatable bonds is 12. The number of hydrogen-bond acceptors (Lipinski definition) is 16. The van der Waals surface area contributed by atoms with E-state index < -0.39 is 30.3 Å². The van der Waals surface area contributed by atoms with Gasteiger partial charge in [0.05, 0.1) is 6.26 Å². The molecule has 13 rings (SSSR count). The molecule has 0 saturated carbocycles. The molecular weight excluding hydrogens is 1980 g/mol. The Bertz CT molecular complexity index is 4900. The molecule has 13 aromatic rings. The molecule has 0 aliphatic carbocycles. The Hall–Kier alpha value is -3.72. The first-order chi connectivity index (χ1) is 52.5. The Morgan fingerprint density at radius 1 is 0.268 bits per heavy atom. The van der Waals surface area contributed by atoms with Crippen LogP contribution in [-0.4, -0.2) is 59.8 Å². The maximum atomic E-state index is 5.92. The molecule has 5 aromatic carbocycles. The minimum absolute atomic E-state index is 0.125. The predicted octanol–water partition coefficient (Wildman–Crippen LogP) is 29.9. The largest absolute Gasteiger partial charge is 0.465 e. The third-order valence-electron chi connectivity index (χ3n) is 14.1. The summed E-state index contributed by atoms with van der Waals surface area (Å²) in [6, 6.07) is 49.2. The molecule has 40 heteroatoms. The van der Waals surface area contributed by atoms with Gasteiger partial charge in [-0.15, -0.1) is 11.3 Å². The molecule has 0 amide bonds. The average molecular weight is 2020 g/mol. The molecule has 0 saturated heterocycles. The van der Waals surface area contributed by atoms with Gasteiger partial charge in [0.15, 0.2) is 69.9 Å². The minimum atomic E-state index is -1.91. The Kier molecular flexibility index (Phi) is 31.5. The highest BCUT2D eigenvalue weighted by Crippen LogP contribution is 2.46. The normalized spacial score (nSPS) is 12.7. The summed E-state index contributed by atoms with van der Waals surface area (Å²) in [5.41, 5.74) is 8.45. The van der Waals surface area contributed by atoms with Gasteiger partial charge in [-0.2, -0.15) is 11.3 Å². The Labute approximate surface area is 767 Å². The van der Waals surface area contributed by atoms with Crippen LogP contribution in [0.4, 0.5) is 0 Å². The second-order valence-electron chi connectivity index (χ2n) is 22.3. The number of fused-ring (bicyclic) bond motifs is 1. The van der Waals surface area contributed by atoms with Gasteiger partial charge in [0.1, 0.15) is 17.1 Å². The first-order valence-electron chi connectivity index (χ1n) is 30.8. The van der Waals surface area contributed by atoms with Crippen molar-refractivity contribution in [3.05, 3.63) is 271 Å². The van der Waals surface area contributed by atoms with Crippen LogP contribution in [0.2, 0.25) is 0 Å². The monoisotopic (exact) mass is 2010 g/mol. The number of para-hydroxylation sites is 1. The fraction of sp³-hybridized carbons (Fsp3) is 0.111. The fourth-order valence-electron chi connectivity index (χ4n) is 8.96. The van der Waals surface area contributed by atoms with Crippen LogP contribution < -0.4 is 0 Å². The van der Waals surface area contributed by atoms with Gasteiger partial charge in [0, 0.05) is 32.5 Å². The first-order valence-corrected chi connectivity index (χ1v) is 41.7. The topological polar surface area (TPSA) is 181 Å². The quantitative estimate of drug-likeness (QED) is 0.105. The fourth-order valence-corrected chi connectivity index (χ4v) is 12.2. The molecule has 8 heterocycles. The van der Waals surface area contributed by atoms with Gasteiger partial charge < -0.3 is 8.83 Å². The molecule has 0 aliphatic rings. The number of halogens is 24. The van der Waals surface area contributed by atoms with Gasteiger partial charge in [-0.1, -0.05) is 430 Å². The molecule has 0 spiro atoms. The number of thiophene rings is 2. The molecule has 0 radical (unpaired) electrons. The summed E-state index contributed by atoms with van der Waals surface area (Å²) in [6.45, 7) is 0. The average Bonchev–Trinajstić information content (AvgIpc) is 0.878. The Morgan fingerprint density at radius 2 is 0.580 bits per heavy atom. The van der Waals surface area contributed by atoms with Gasteiger partial charge in [0.2, 0.25) is 30.3 Å². The lowest BCUT2D eigenvalue weighted by molar-refractivity contribution is 0.557.